The number of methoxy groups -OCH3 is 1. The zero-order valence-corrected chi connectivity index (χ0v) is 15.5. The van der Waals surface area contributed by atoms with Gasteiger partial charge in [-0.3, -0.25) is 14.5 Å². The summed E-state index contributed by atoms with van der Waals surface area (Å²) in [5.41, 5.74) is 0. The van der Waals surface area contributed by atoms with E-state index in [9.17, 15) is 9.59 Å². The number of hydrogen-bond acceptors (Lipinski definition) is 6. The fraction of sp³-hybridized carbons (Fsp3) is 0.368. The predicted octanol–water partition coefficient (Wildman–Crippen LogP) is 2.16. The first kappa shape index (κ1) is 18.4. The summed E-state index contributed by atoms with van der Waals surface area (Å²) in [5.74, 6) is 1.49. The monoisotopic (exact) mass is 374 g/mol. The molecule has 1 aromatic heterocycles. The van der Waals surface area contributed by atoms with E-state index in [-0.39, 0.29) is 18.3 Å². The molecule has 0 N–H and O–H groups in total. The Bertz CT molecular complexity index is 723. The van der Waals surface area contributed by atoms with Gasteiger partial charge in [-0.15, -0.1) is 11.3 Å². The van der Waals surface area contributed by atoms with Crippen molar-refractivity contribution in [2.75, 3.05) is 46.4 Å². The lowest BCUT2D eigenvalue weighted by Crippen LogP contribution is -2.50. The van der Waals surface area contributed by atoms with Crippen LogP contribution in [0, 0.1) is 0 Å². The van der Waals surface area contributed by atoms with Crippen molar-refractivity contribution in [2.45, 2.75) is 0 Å². The van der Waals surface area contributed by atoms with E-state index in [2.05, 4.69) is 4.90 Å². The molecule has 2 aromatic rings. The summed E-state index contributed by atoms with van der Waals surface area (Å²) in [4.78, 5) is 29.1. The summed E-state index contributed by atoms with van der Waals surface area (Å²) in [6.07, 6.45) is 0. The van der Waals surface area contributed by atoms with Crippen LogP contribution in [-0.4, -0.2) is 67.9 Å². The molecule has 1 fully saturated rings. The average molecular weight is 374 g/mol. The molecule has 0 spiro atoms. The highest BCUT2D eigenvalue weighted by molar-refractivity contribution is 7.12. The molecular weight excluding hydrogens is 352 g/mol. The summed E-state index contributed by atoms with van der Waals surface area (Å²) in [6, 6.07) is 10.9. The number of hydrogen-bond donors (Lipinski definition) is 0. The third-order valence-corrected chi connectivity index (χ3v) is 5.22. The van der Waals surface area contributed by atoms with Crippen LogP contribution < -0.4 is 9.47 Å². The molecule has 1 amide bonds. The van der Waals surface area contributed by atoms with Gasteiger partial charge in [-0.25, -0.2) is 0 Å². The molecule has 0 saturated carbocycles. The van der Waals surface area contributed by atoms with Gasteiger partial charge >= 0.3 is 0 Å². The summed E-state index contributed by atoms with van der Waals surface area (Å²) >= 11 is 1.47. The Morgan fingerprint density at radius 1 is 1.04 bits per heavy atom. The SMILES string of the molecule is COc1ccc(OCC(=O)N2CCN(CC(=O)c3cccs3)CC2)cc1. The number of benzene rings is 1. The van der Waals surface area contributed by atoms with E-state index in [1.54, 1.807) is 36.3 Å². The van der Waals surface area contributed by atoms with Crippen LogP contribution in [0.1, 0.15) is 9.67 Å². The molecule has 6 nitrogen and oxygen atoms in total. The smallest absolute Gasteiger partial charge is 0.260 e. The highest BCUT2D eigenvalue weighted by atomic mass is 32.1. The molecule has 0 atom stereocenters. The Hall–Kier alpha value is -2.38. The Kier molecular flexibility index (Phi) is 6.25. The average Bonchev–Trinajstić information content (AvgIpc) is 3.22. The predicted molar refractivity (Wildman–Crippen MR) is 100 cm³/mol. The van der Waals surface area contributed by atoms with Crippen molar-refractivity contribution in [3.8, 4) is 11.5 Å². The van der Waals surface area contributed by atoms with Crippen LogP contribution in [0.3, 0.4) is 0 Å². The summed E-state index contributed by atoms with van der Waals surface area (Å²) in [7, 11) is 1.60. The van der Waals surface area contributed by atoms with Crippen molar-refractivity contribution in [1.82, 2.24) is 9.80 Å². The largest absolute Gasteiger partial charge is 0.497 e. The maximum Gasteiger partial charge on any atom is 0.260 e. The zero-order chi connectivity index (χ0) is 18.4. The topological polar surface area (TPSA) is 59.1 Å². The fourth-order valence-corrected chi connectivity index (χ4v) is 3.44. The highest BCUT2D eigenvalue weighted by Crippen LogP contribution is 2.17. The Balaban J connectivity index is 1.41. The van der Waals surface area contributed by atoms with E-state index in [1.807, 2.05) is 17.5 Å². The maximum absolute atomic E-state index is 12.3. The van der Waals surface area contributed by atoms with Gasteiger partial charge in [0.25, 0.3) is 5.91 Å². The zero-order valence-electron chi connectivity index (χ0n) is 14.7. The molecule has 0 radical (unpaired) electrons. The lowest BCUT2D eigenvalue weighted by Gasteiger charge is -2.34. The van der Waals surface area contributed by atoms with Crippen LogP contribution in [0.4, 0.5) is 0 Å². The molecule has 7 heteroatoms. The second-order valence-electron chi connectivity index (χ2n) is 6.02. The maximum atomic E-state index is 12.3. The van der Waals surface area contributed by atoms with Crippen molar-refractivity contribution in [3.05, 3.63) is 46.7 Å². The second kappa shape index (κ2) is 8.82. The number of thiophene rings is 1. The molecule has 1 saturated heterocycles. The molecule has 0 bridgehead atoms. The first-order valence-corrected chi connectivity index (χ1v) is 9.37. The number of ether oxygens (including phenoxy) is 2. The van der Waals surface area contributed by atoms with Gasteiger partial charge in [0.2, 0.25) is 0 Å². The van der Waals surface area contributed by atoms with Gasteiger partial charge < -0.3 is 14.4 Å². The highest BCUT2D eigenvalue weighted by Gasteiger charge is 2.23. The van der Waals surface area contributed by atoms with Gasteiger partial charge in [0.1, 0.15) is 11.5 Å². The Labute approximate surface area is 156 Å². The molecule has 0 aliphatic carbocycles. The Morgan fingerprint density at radius 3 is 2.35 bits per heavy atom. The summed E-state index contributed by atoms with van der Waals surface area (Å²) in [5, 5.41) is 1.91. The molecule has 1 aliphatic heterocycles. The molecule has 1 aliphatic rings. The van der Waals surface area contributed by atoms with E-state index in [1.165, 1.54) is 11.3 Å². The van der Waals surface area contributed by atoms with Crippen molar-refractivity contribution < 1.29 is 19.1 Å². The number of ketones is 1. The van der Waals surface area contributed by atoms with Gasteiger partial charge in [-0.1, -0.05) is 6.07 Å². The van der Waals surface area contributed by atoms with Gasteiger partial charge in [-0.2, -0.15) is 0 Å². The number of carbonyl (C=O) groups is 2. The number of Topliss-reactive ketones (excluding diaryl/α,β-unsaturated/α-hetero) is 1. The second-order valence-corrected chi connectivity index (χ2v) is 6.97. The molecular formula is C19H22N2O4S. The summed E-state index contributed by atoms with van der Waals surface area (Å²) < 4.78 is 10.6. The molecule has 138 valence electrons. The number of rotatable bonds is 7. The standard InChI is InChI=1S/C19H22N2O4S/c1-24-15-4-6-16(7-5-15)25-14-19(23)21-10-8-20(9-11-21)13-17(22)18-3-2-12-26-18/h2-7,12H,8-11,13-14H2,1H3. The fourth-order valence-electron chi connectivity index (χ4n) is 2.78. The number of nitrogens with zero attached hydrogens (tertiary/aromatic N) is 2. The van der Waals surface area contributed by atoms with Crippen LogP contribution >= 0.6 is 11.3 Å². The van der Waals surface area contributed by atoms with Crippen molar-refractivity contribution in [1.29, 1.82) is 0 Å². The minimum Gasteiger partial charge on any atom is -0.497 e. The van der Waals surface area contributed by atoms with Gasteiger partial charge in [0, 0.05) is 26.2 Å². The van der Waals surface area contributed by atoms with Gasteiger partial charge in [-0.05, 0) is 35.7 Å². The van der Waals surface area contributed by atoms with Crippen molar-refractivity contribution in [3.63, 3.8) is 0 Å². The van der Waals surface area contributed by atoms with E-state index < -0.39 is 0 Å². The molecule has 1 aromatic carbocycles. The van der Waals surface area contributed by atoms with Crippen molar-refractivity contribution in [2.24, 2.45) is 0 Å². The van der Waals surface area contributed by atoms with Crippen LogP contribution in [0.2, 0.25) is 0 Å². The van der Waals surface area contributed by atoms with Crippen LogP contribution in [0.15, 0.2) is 41.8 Å². The minimum absolute atomic E-state index is 0.0143. The lowest BCUT2D eigenvalue weighted by atomic mass is 10.2. The molecule has 2 heterocycles. The molecule has 3 rings (SSSR count). The van der Waals surface area contributed by atoms with Crippen molar-refractivity contribution >= 4 is 23.0 Å². The third kappa shape index (κ3) is 4.83. The lowest BCUT2D eigenvalue weighted by molar-refractivity contribution is -0.135. The minimum atomic E-state index is -0.0370. The number of amides is 1. The first-order chi connectivity index (χ1) is 12.7. The number of piperazine rings is 1. The Morgan fingerprint density at radius 2 is 1.73 bits per heavy atom. The van der Waals surface area contributed by atoms with E-state index >= 15 is 0 Å². The van der Waals surface area contributed by atoms with Gasteiger partial charge in [0.15, 0.2) is 12.4 Å². The van der Waals surface area contributed by atoms with Crippen LogP contribution in [0.5, 0.6) is 11.5 Å². The quantitative estimate of drug-likeness (QED) is 0.695. The molecule has 0 unspecified atom stereocenters. The van der Waals surface area contributed by atoms with E-state index in [0.29, 0.717) is 38.5 Å². The van der Waals surface area contributed by atoms with Crippen LogP contribution in [0.25, 0.3) is 0 Å². The number of carbonyl (C=O) groups excluding carboxylic acids is 2. The normalized spacial score (nSPS) is 14.9. The third-order valence-electron chi connectivity index (χ3n) is 4.31. The molecule has 26 heavy (non-hydrogen) atoms. The summed E-state index contributed by atoms with van der Waals surface area (Å²) in [6.45, 7) is 3.05. The van der Waals surface area contributed by atoms with E-state index in [4.69, 9.17) is 9.47 Å². The van der Waals surface area contributed by atoms with E-state index in [0.717, 1.165) is 10.6 Å². The van der Waals surface area contributed by atoms with Gasteiger partial charge in [0.05, 0.1) is 18.5 Å². The van der Waals surface area contributed by atoms with Crippen LogP contribution in [-0.2, 0) is 4.79 Å². The first-order valence-electron chi connectivity index (χ1n) is 8.49.